The summed E-state index contributed by atoms with van der Waals surface area (Å²) in [6.07, 6.45) is 0. The first kappa shape index (κ1) is 12.5. The highest BCUT2D eigenvalue weighted by atomic mass is 79.9. The molecule has 0 aliphatic heterocycles. The van der Waals surface area contributed by atoms with Crippen LogP contribution in [0.1, 0.15) is 12.5 Å². The Morgan fingerprint density at radius 3 is 2.53 bits per heavy atom. The predicted octanol–water partition coefficient (Wildman–Crippen LogP) is 2.55. The van der Waals surface area contributed by atoms with Crippen molar-refractivity contribution in [2.45, 2.75) is 12.5 Å². The van der Waals surface area contributed by atoms with Gasteiger partial charge in [-0.1, -0.05) is 6.07 Å². The zero-order valence-corrected chi connectivity index (χ0v) is 10.1. The Morgan fingerprint density at radius 2 is 2.07 bits per heavy atom. The van der Waals surface area contributed by atoms with Crippen molar-refractivity contribution in [2.24, 2.45) is 5.73 Å². The van der Waals surface area contributed by atoms with Crippen LogP contribution in [0.4, 0.5) is 8.78 Å². The van der Waals surface area contributed by atoms with Crippen molar-refractivity contribution < 1.29 is 13.5 Å². The molecule has 1 unspecified atom stereocenters. The summed E-state index contributed by atoms with van der Waals surface area (Å²) in [5.74, 6) is -1.32. The number of benzene rings is 1. The monoisotopic (exact) mass is 279 g/mol. The highest BCUT2D eigenvalue weighted by Gasteiger charge is 2.29. The lowest BCUT2D eigenvalue weighted by Gasteiger charge is -2.27. The smallest absolute Gasteiger partial charge is 0.146 e. The first-order valence-electron chi connectivity index (χ1n) is 4.35. The molecule has 84 valence electrons. The second-order valence-corrected chi connectivity index (χ2v) is 4.16. The molecule has 5 heteroatoms. The molecule has 2 N–H and O–H groups in total. The average molecular weight is 280 g/mol. The highest BCUT2D eigenvalue weighted by Crippen LogP contribution is 2.31. The Hall–Kier alpha value is -0.520. The molecule has 0 spiro atoms. The van der Waals surface area contributed by atoms with Gasteiger partial charge in [0.1, 0.15) is 17.2 Å². The quantitative estimate of drug-likeness (QED) is 0.864. The molecule has 2 nitrogen and oxygen atoms in total. The summed E-state index contributed by atoms with van der Waals surface area (Å²) in [6, 6.07) is 2.52. The Balaban J connectivity index is 3.32. The zero-order chi connectivity index (χ0) is 11.6. The van der Waals surface area contributed by atoms with Gasteiger partial charge in [0.15, 0.2) is 0 Å². The van der Waals surface area contributed by atoms with E-state index in [0.717, 1.165) is 0 Å². The van der Waals surface area contributed by atoms with Crippen LogP contribution in [-0.2, 0) is 10.3 Å². The number of hydrogen-bond acceptors (Lipinski definition) is 2. The van der Waals surface area contributed by atoms with Gasteiger partial charge >= 0.3 is 0 Å². The summed E-state index contributed by atoms with van der Waals surface area (Å²) in [7, 11) is 1.43. The number of hydrogen-bond donors (Lipinski definition) is 1. The summed E-state index contributed by atoms with van der Waals surface area (Å²) in [4.78, 5) is 0. The standard InChI is InChI=1S/C10H12BrF2NO/c1-10(5-14,15-2)6-3-4-7(12)8(11)9(6)13/h3-4H,5,14H2,1-2H3. The van der Waals surface area contributed by atoms with E-state index in [9.17, 15) is 8.78 Å². The molecule has 1 atom stereocenters. The zero-order valence-electron chi connectivity index (χ0n) is 8.48. The van der Waals surface area contributed by atoms with Gasteiger partial charge in [0.2, 0.25) is 0 Å². The Bertz CT molecular complexity index is 367. The lowest BCUT2D eigenvalue weighted by Crippen LogP contribution is -2.34. The van der Waals surface area contributed by atoms with Gasteiger partial charge in [-0.2, -0.15) is 0 Å². The van der Waals surface area contributed by atoms with E-state index in [-0.39, 0.29) is 16.6 Å². The van der Waals surface area contributed by atoms with E-state index in [0.29, 0.717) is 0 Å². The third kappa shape index (κ3) is 2.19. The van der Waals surface area contributed by atoms with Crippen LogP contribution in [0.15, 0.2) is 16.6 Å². The van der Waals surface area contributed by atoms with Crippen LogP contribution in [0, 0.1) is 11.6 Å². The van der Waals surface area contributed by atoms with Crippen molar-refractivity contribution in [3.8, 4) is 0 Å². The summed E-state index contributed by atoms with van der Waals surface area (Å²) in [5.41, 5.74) is 4.80. The van der Waals surface area contributed by atoms with Crippen LogP contribution in [-0.4, -0.2) is 13.7 Å². The molecule has 0 bridgehead atoms. The lowest BCUT2D eigenvalue weighted by molar-refractivity contribution is 0.00698. The van der Waals surface area contributed by atoms with E-state index >= 15 is 0 Å². The van der Waals surface area contributed by atoms with Crippen LogP contribution in [0.3, 0.4) is 0 Å². The maximum atomic E-state index is 13.7. The van der Waals surface area contributed by atoms with E-state index < -0.39 is 17.2 Å². The maximum Gasteiger partial charge on any atom is 0.146 e. The van der Waals surface area contributed by atoms with Gasteiger partial charge in [0, 0.05) is 19.2 Å². The Labute approximate surface area is 95.5 Å². The first-order valence-corrected chi connectivity index (χ1v) is 5.14. The van der Waals surface area contributed by atoms with Crippen LogP contribution in [0.25, 0.3) is 0 Å². The number of rotatable bonds is 3. The molecular weight excluding hydrogens is 268 g/mol. The van der Waals surface area contributed by atoms with E-state index in [1.165, 1.54) is 19.2 Å². The molecule has 0 saturated carbocycles. The fraction of sp³-hybridized carbons (Fsp3) is 0.400. The highest BCUT2D eigenvalue weighted by molar-refractivity contribution is 9.10. The minimum atomic E-state index is -0.944. The molecule has 1 aromatic rings. The summed E-state index contributed by atoms with van der Waals surface area (Å²) in [5, 5.41) is 0. The van der Waals surface area contributed by atoms with Gasteiger partial charge in [-0.05, 0) is 28.9 Å². The van der Waals surface area contributed by atoms with E-state index in [4.69, 9.17) is 10.5 Å². The number of nitrogens with two attached hydrogens (primary N) is 1. The third-order valence-electron chi connectivity index (χ3n) is 2.44. The lowest BCUT2D eigenvalue weighted by atomic mass is 9.95. The van der Waals surface area contributed by atoms with E-state index in [2.05, 4.69) is 15.9 Å². The van der Waals surface area contributed by atoms with Crippen LogP contribution < -0.4 is 5.73 Å². The minimum Gasteiger partial charge on any atom is -0.372 e. The molecule has 15 heavy (non-hydrogen) atoms. The number of halogens is 3. The van der Waals surface area contributed by atoms with Crippen molar-refractivity contribution >= 4 is 15.9 Å². The largest absolute Gasteiger partial charge is 0.372 e. The summed E-state index contributed by atoms with van der Waals surface area (Å²) >= 11 is 2.83. The molecule has 0 aliphatic rings. The average Bonchev–Trinajstić information content (AvgIpc) is 2.25. The topological polar surface area (TPSA) is 35.2 Å². The molecule has 0 heterocycles. The molecule has 1 rings (SSSR count). The molecule has 0 fully saturated rings. The minimum absolute atomic E-state index is 0.110. The number of methoxy groups -OCH3 is 1. The number of ether oxygens (including phenoxy) is 1. The summed E-state index contributed by atoms with van der Waals surface area (Å²) in [6.45, 7) is 1.76. The van der Waals surface area contributed by atoms with Gasteiger partial charge in [-0.3, -0.25) is 0 Å². The third-order valence-corrected chi connectivity index (χ3v) is 3.17. The fourth-order valence-corrected chi connectivity index (χ4v) is 1.58. The van der Waals surface area contributed by atoms with Crippen LogP contribution in [0.5, 0.6) is 0 Å². The Morgan fingerprint density at radius 1 is 1.47 bits per heavy atom. The van der Waals surface area contributed by atoms with Gasteiger partial charge in [0.05, 0.1) is 4.47 Å². The second kappa shape index (κ2) is 4.55. The molecule has 0 aliphatic carbocycles. The van der Waals surface area contributed by atoms with E-state index in [1.54, 1.807) is 6.92 Å². The van der Waals surface area contributed by atoms with Crippen molar-refractivity contribution in [2.75, 3.05) is 13.7 Å². The molecule has 0 aromatic heterocycles. The second-order valence-electron chi connectivity index (χ2n) is 3.36. The SMILES string of the molecule is COC(C)(CN)c1ccc(F)c(Br)c1F. The molecular formula is C10H12BrF2NO. The van der Waals surface area contributed by atoms with Gasteiger partial charge in [-0.15, -0.1) is 0 Å². The molecule has 0 saturated heterocycles. The predicted molar refractivity (Wildman–Crippen MR) is 57.5 cm³/mol. The van der Waals surface area contributed by atoms with Gasteiger partial charge < -0.3 is 10.5 Å². The normalized spacial score (nSPS) is 15.1. The van der Waals surface area contributed by atoms with Crippen molar-refractivity contribution in [3.05, 3.63) is 33.8 Å². The molecule has 1 aromatic carbocycles. The fourth-order valence-electron chi connectivity index (χ4n) is 1.24. The maximum absolute atomic E-state index is 13.7. The van der Waals surface area contributed by atoms with Crippen molar-refractivity contribution in [1.29, 1.82) is 0 Å². The van der Waals surface area contributed by atoms with Crippen molar-refractivity contribution in [1.82, 2.24) is 0 Å². The molecule has 0 amide bonds. The van der Waals surface area contributed by atoms with E-state index in [1.807, 2.05) is 0 Å². The van der Waals surface area contributed by atoms with Gasteiger partial charge in [0.25, 0.3) is 0 Å². The molecule has 0 radical (unpaired) electrons. The van der Waals surface area contributed by atoms with Crippen LogP contribution >= 0.6 is 15.9 Å². The Kier molecular flexibility index (Phi) is 3.81. The first-order chi connectivity index (χ1) is 6.96. The summed E-state index contributed by atoms with van der Waals surface area (Å²) < 4.78 is 31.6. The van der Waals surface area contributed by atoms with Crippen LogP contribution in [0.2, 0.25) is 0 Å². The van der Waals surface area contributed by atoms with Gasteiger partial charge in [-0.25, -0.2) is 8.78 Å². The van der Waals surface area contributed by atoms with Crippen molar-refractivity contribution in [3.63, 3.8) is 0 Å².